The van der Waals surface area contributed by atoms with Crippen molar-refractivity contribution < 1.29 is 4.79 Å². The number of benzene rings is 1. The van der Waals surface area contributed by atoms with Crippen LogP contribution in [0.3, 0.4) is 0 Å². The van der Waals surface area contributed by atoms with E-state index in [9.17, 15) is 4.79 Å². The molecule has 1 aromatic carbocycles. The highest BCUT2D eigenvalue weighted by atomic mass is 16.2. The summed E-state index contributed by atoms with van der Waals surface area (Å²) in [6.07, 6.45) is 6.83. The smallest absolute Gasteiger partial charge is 0.269 e. The van der Waals surface area contributed by atoms with Gasteiger partial charge in [0.15, 0.2) is 0 Å². The van der Waals surface area contributed by atoms with E-state index in [1.165, 1.54) is 31.2 Å². The highest BCUT2D eigenvalue weighted by Crippen LogP contribution is 2.54. The number of hydrogen-bond acceptors (Lipinski definition) is 2. The second-order valence-electron chi connectivity index (χ2n) is 6.89. The van der Waals surface area contributed by atoms with Crippen LogP contribution in [0.15, 0.2) is 42.6 Å². The van der Waals surface area contributed by atoms with Gasteiger partial charge in [-0.2, -0.15) is 5.10 Å². The van der Waals surface area contributed by atoms with Crippen molar-refractivity contribution in [3.8, 4) is 0 Å². The summed E-state index contributed by atoms with van der Waals surface area (Å²) in [5.74, 6) is 1.81. The van der Waals surface area contributed by atoms with Gasteiger partial charge in [0, 0.05) is 25.2 Å². The Morgan fingerprint density at radius 1 is 1.13 bits per heavy atom. The molecule has 1 amide bonds. The number of aryl methyl sites for hydroxylation is 1. The van der Waals surface area contributed by atoms with Gasteiger partial charge in [0.25, 0.3) is 5.91 Å². The van der Waals surface area contributed by atoms with Crippen LogP contribution in [0.2, 0.25) is 0 Å². The monoisotopic (exact) mass is 309 g/mol. The van der Waals surface area contributed by atoms with Crippen molar-refractivity contribution in [3.63, 3.8) is 0 Å². The number of fused-ring (bicyclic) bond motifs is 1. The molecule has 120 valence electrons. The maximum absolute atomic E-state index is 12.6. The fourth-order valence-corrected chi connectivity index (χ4v) is 4.62. The van der Waals surface area contributed by atoms with Gasteiger partial charge in [-0.05, 0) is 36.3 Å². The van der Waals surface area contributed by atoms with E-state index in [-0.39, 0.29) is 11.9 Å². The van der Waals surface area contributed by atoms with Crippen LogP contribution >= 0.6 is 0 Å². The van der Waals surface area contributed by atoms with E-state index in [2.05, 4.69) is 40.7 Å². The van der Waals surface area contributed by atoms with Crippen LogP contribution in [-0.2, 0) is 7.05 Å². The number of aromatic nitrogens is 2. The van der Waals surface area contributed by atoms with Gasteiger partial charge in [-0.25, -0.2) is 0 Å². The second kappa shape index (κ2) is 5.84. The molecular formula is C19H23N3O. The largest absolute Gasteiger partial charge is 0.347 e. The van der Waals surface area contributed by atoms with Crippen LogP contribution in [-0.4, -0.2) is 21.7 Å². The Balaban J connectivity index is 1.57. The van der Waals surface area contributed by atoms with Crippen molar-refractivity contribution in [2.75, 3.05) is 0 Å². The molecule has 0 radical (unpaired) electrons. The molecule has 2 aliphatic carbocycles. The Labute approximate surface area is 136 Å². The average Bonchev–Trinajstić information content (AvgIpc) is 3.00. The highest BCUT2D eigenvalue weighted by Gasteiger charge is 2.51. The van der Waals surface area contributed by atoms with Crippen LogP contribution < -0.4 is 5.32 Å². The normalized spacial score (nSPS) is 29.4. The van der Waals surface area contributed by atoms with Gasteiger partial charge < -0.3 is 5.32 Å². The molecule has 0 spiro atoms. The van der Waals surface area contributed by atoms with E-state index >= 15 is 0 Å². The van der Waals surface area contributed by atoms with Gasteiger partial charge in [0.1, 0.15) is 5.69 Å². The van der Waals surface area contributed by atoms with Crippen molar-refractivity contribution >= 4 is 5.91 Å². The van der Waals surface area contributed by atoms with Gasteiger partial charge in [0.05, 0.1) is 0 Å². The zero-order chi connectivity index (χ0) is 15.8. The van der Waals surface area contributed by atoms with Crippen LogP contribution in [0.4, 0.5) is 0 Å². The van der Waals surface area contributed by atoms with E-state index in [0.717, 1.165) is 5.92 Å². The SMILES string of the molecule is Cn1nccc1C(=O)N[C@H]1[C@@H]2CCCC[C@H]2[C@@H]1c1ccccc1. The van der Waals surface area contributed by atoms with E-state index in [0.29, 0.717) is 17.5 Å². The average molecular weight is 309 g/mol. The standard InChI is InChI=1S/C19H23N3O/c1-22-16(11-12-20-22)19(23)21-18-15-10-6-5-9-14(15)17(18)13-7-3-2-4-8-13/h2-4,7-8,11-12,14-15,17-18H,5-6,9-10H2,1H3,(H,21,23)/t14-,15-,17+,18+/m1/s1. The minimum atomic E-state index is -0.0000420. The molecular weight excluding hydrogens is 286 g/mol. The quantitative estimate of drug-likeness (QED) is 0.947. The lowest BCUT2D eigenvalue weighted by Gasteiger charge is -2.55. The first-order valence-corrected chi connectivity index (χ1v) is 8.59. The molecule has 0 bridgehead atoms. The zero-order valence-corrected chi connectivity index (χ0v) is 13.5. The number of carbonyl (C=O) groups excluding carboxylic acids is 1. The third-order valence-corrected chi connectivity index (χ3v) is 5.72. The zero-order valence-electron chi connectivity index (χ0n) is 13.5. The van der Waals surface area contributed by atoms with E-state index in [1.807, 2.05) is 7.05 Å². The lowest BCUT2D eigenvalue weighted by atomic mass is 9.53. The molecule has 23 heavy (non-hydrogen) atoms. The first-order chi connectivity index (χ1) is 11.3. The Bertz CT molecular complexity index is 694. The van der Waals surface area contributed by atoms with Gasteiger partial charge in [-0.3, -0.25) is 9.48 Å². The number of rotatable bonds is 3. The Morgan fingerprint density at radius 3 is 2.57 bits per heavy atom. The minimum absolute atomic E-state index is 0.0000420. The van der Waals surface area contributed by atoms with Crippen LogP contribution in [0.25, 0.3) is 0 Å². The van der Waals surface area contributed by atoms with Crippen LogP contribution in [0, 0.1) is 11.8 Å². The summed E-state index contributed by atoms with van der Waals surface area (Å²) in [5, 5.41) is 7.41. The summed E-state index contributed by atoms with van der Waals surface area (Å²) in [5.41, 5.74) is 2.00. The predicted octanol–water partition coefficient (Wildman–Crippen LogP) is 3.12. The molecule has 0 saturated heterocycles. The summed E-state index contributed by atoms with van der Waals surface area (Å²) in [6, 6.07) is 12.7. The molecule has 2 aromatic rings. The lowest BCUT2D eigenvalue weighted by molar-refractivity contribution is 0.0249. The number of amides is 1. The molecule has 1 heterocycles. The molecule has 1 N–H and O–H groups in total. The highest BCUT2D eigenvalue weighted by molar-refractivity contribution is 5.92. The fourth-order valence-electron chi connectivity index (χ4n) is 4.62. The third-order valence-electron chi connectivity index (χ3n) is 5.72. The van der Waals surface area contributed by atoms with Gasteiger partial charge in [-0.15, -0.1) is 0 Å². The molecule has 2 aliphatic rings. The second-order valence-corrected chi connectivity index (χ2v) is 6.89. The Kier molecular flexibility index (Phi) is 3.68. The number of nitrogens with one attached hydrogen (secondary N) is 1. The molecule has 4 heteroatoms. The molecule has 1 aromatic heterocycles. The van der Waals surface area contributed by atoms with Crippen molar-refractivity contribution in [1.29, 1.82) is 0 Å². The van der Waals surface area contributed by atoms with E-state index in [4.69, 9.17) is 0 Å². The Hall–Kier alpha value is -2.10. The molecule has 4 rings (SSSR count). The van der Waals surface area contributed by atoms with Gasteiger partial charge >= 0.3 is 0 Å². The maximum Gasteiger partial charge on any atom is 0.269 e. The van der Waals surface area contributed by atoms with E-state index < -0.39 is 0 Å². The summed E-state index contributed by atoms with van der Waals surface area (Å²) in [4.78, 5) is 12.6. The molecule has 4 atom stereocenters. The van der Waals surface area contributed by atoms with Crippen molar-refractivity contribution in [2.24, 2.45) is 18.9 Å². The predicted molar refractivity (Wildman–Crippen MR) is 89.1 cm³/mol. The number of nitrogens with zero attached hydrogens (tertiary/aromatic N) is 2. The lowest BCUT2D eigenvalue weighted by Crippen LogP contribution is -2.59. The van der Waals surface area contributed by atoms with Gasteiger partial charge in [-0.1, -0.05) is 43.2 Å². The van der Waals surface area contributed by atoms with Crippen molar-refractivity contribution in [1.82, 2.24) is 15.1 Å². The summed E-state index contributed by atoms with van der Waals surface area (Å²) in [7, 11) is 1.81. The van der Waals surface area contributed by atoms with Crippen LogP contribution in [0.5, 0.6) is 0 Å². The van der Waals surface area contributed by atoms with Crippen molar-refractivity contribution in [2.45, 2.75) is 37.6 Å². The molecule has 2 saturated carbocycles. The fraction of sp³-hybridized carbons (Fsp3) is 0.474. The van der Waals surface area contributed by atoms with E-state index in [1.54, 1.807) is 16.9 Å². The maximum atomic E-state index is 12.6. The Morgan fingerprint density at radius 2 is 1.87 bits per heavy atom. The summed E-state index contributed by atoms with van der Waals surface area (Å²) in [6.45, 7) is 0. The summed E-state index contributed by atoms with van der Waals surface area (Å²) < 4.78 is 1.64. The summed E-state index contributed by atoms with van der Waals surface area (Å²) >= 11 is 0. The third kappa shape index (κ3) is 2.46. The number of hydrogen-bond donors (Lipinski definition) is 1. The minimum Gasteiger partial charge on any atom is -0.347 e. The van der Waals surface area contributed by atoms with Crippen molar-refractivity contribution in [3.05, 3.63) is 53.9 Å². The molecule has 2 fully saturated rings. The van der Waals surface area contributed by atoms with Crippen LogP contribution in [0.1, 0.15) is 47.7 Å². The molecule has 0 aliphatic heterocycles. The number of carbonyl (C=O) groups is 1. The first-order valence-electron chi connectivity index (χ1n) is 8.59. The topological polar surface area (TPSA) is 46.9 Å². The molecule has 4 nitrogen and oxygen atoms in total. The van der Waals surface area contributed by atoms with Gasteiger partial charge in [0.2, 0.25) is 0 Å². The molecule has 0 unspecified atom stereocenters. The first kappa shape index (κ1) is 14.5.